The number of fused-ring (bicyclic) bond motifs is 1. The fraction of sp³-hybridized carbons (Fsp3) is 0.708. The lowest BCUT2D eigenvalue weighted by Crippen LogP contribution is -2.78. The van der Waals surface area contributed by atoms with Gasteiger partial charge in [-0.25, -0.2) is 0 Å². The Morgan fingerprint density at radius 1 is 1.14 bits per heavy atom. The number of halogens is 6. The second-order valence-electron chi connectivity index (χ2n) is 11.2. The summed E-state index contributed by atoms with van der Waals surface area (Å²) in [5, 5.41) is 19.1. The van der Waals surface area contributed by atoms with Crippen LogP contribution in [0.3, 0.4) is 0 Å². The lowest BCUT2D eigenvalue weighted by molar-refractivity contribution is -0.403. The molecule has 2 N–H and O–H groups in total. The molecule has 3 saturated carbocycles. The van der Waals surface area contributed by atoms with Crippen molar-refractivity contribution in [1.82, 2.24) is 15.1 Å². The first kappa shape index (κ1) is 24.7. The van der Waals surface area contributed by atoms with Crippen LogP contribution in [0, 0.1) is 10.8 Å². The van der Waals surface area contributed by atoms with Gasteiger partial charge in [0.1, 0.15) is 12.4 Å². The average molecular weight is 506 g/mol. The van der Waals surface area contributed by atoms with E-state index in [0.717, 1.165) is 6.07 Å². The molecule has 4 fully saturated rings. The number of aromatic nitrogens is 2. The highest BCUT2D eigenvalue weighted by atomic mass is 19.4. The Kier molecular flexibility index (Phi) is 5.29. The number of benzene rings is 1. The van der Waals surface area contributed by atoms with Crippen molar-refractivity contribution in [3.63, 3.8) is 0 Å². The topological polar surface area (TPSA) is 59.3 Å². The van der Waals surface area contributed by atoms with Gasteiger partial charge >= 0.3 is 12.4 Å². The number of nitrogens with one attached hydrogen (secondary N) is 1. The molecule has 1 saturated heterocycles. The zero-order valence-corrected chi connectivity index (χ0v) is 19.7. The van der Waals surface area contributed by atoms with Crippen molar-refractivity contribution in [1.29, 1.82) is 0 Å². The van der Waals surface area contributed by atoms with Crippen molar-refractivity contribution < 1.29 is 36.2 Å². The van der Waals surface area contributed by atoms with Crippen molar-refractivity contribution in [2.45, 2.75) is 89.0 Å². The van der Waals surface area contributed by atoms with Crippen LogP contribution in [0.5, 0.6) is 5.75 Å². The molecule has 4 aliphatic rings. The summed E-state index contributed by atoms with van der Waals surface area (Å²) in [6.45, 7) is 5.32. The van der Waals surface area contributed by atoms with E-state index < -0.39 is 40.4 Å². The fourth-order valence-electron chi connectivity index (χ4n) is 6.69. The maximum absolute atomic E-state index is 13.8. The highest BCUT2D eigenvalue weighted by Gasteiger charge is 2.83. The van der Waals surface area contributed by atoms with E-state index >= 15 is 0 Å². The summed E-state index contributed by atoms with van der Waals surface area (Å²) in [6.07, 6.45) is -7.17. The van der Waals surface area contributed by atoms with Gasteiger partial charge in [0.25, 0.3) is 0 Å². The molecule has 1 aromatic heterocycles. The van der Waals surface area contributed by atoms with Crippen LogP contribution in [0.25, 0.3) is 10.9 Å². The molecule has 1 aliphatic heterocycles. The Bertz CT molecular complexity index is 1120. The second-order valence-corrected chi connectivity index (χ2v) is 11.2. The van der Waals surface area contributed by atoms with E-state index in [9.17, 15) is 31.4 Å². The first-order valence-electron chi connectivity index (χ1n) is 11.8. The maximum atomic E-state index is 13.8. The molecule has 3 atom stereocenters. The molecule has 6 rings (SSSR count). The van der Waals surface area contributed by atoms with E-state index in [4.69, 9.17) is 4.74 Å². The molecular weight excluding hydrogens is 476 g/mol. The summed E-state index contributed by atoms with van der Waals surface area (Å²) >= 11 is 0. The molecule has 1 aromatic carbocycles. The van der Waals surface area contributed by atoms with Gasteiger partial charge in [-0.05, 0) is 65.0 Å². The number of hydrogen-bond donors (Lipinski definition) is 2. The minimum Gasteiger partial charge on any atom is -0.492 e. The van der Waals surface area contributed by atoms with Gasteiger partial charge in [0.2, 0.25) is 0 Å². The molecule has 0 radical (unpaired) electrons. The van der Waals surface area contributed by atoms with Crippen LogP contribution >= 0.6 is 0 Å². The van der Waals surface area contributed by atoms with Crippen LogP contribution in [0.4, 0.5) is 26.3 Å². The standard InChI is InChI=1S/C24H29F6N3O2/c1-13(2)33-19-15(8-31-33)4-17(5-18(19)23(25,26)27)35-9-16-7-22(34,6-14(3)32-16)20-10-21(11-20,12-20)24(28,29)30/h4-5,8,13-14,16,32,34H,6-7,9-12H2,1-3H3. The number of hydrogen-bond acceptors (Lipinski definition) is 4. The number of aliphatic hydroxyl groups is 1. The summed E-state index contributed by atoms with van der Waals surface area (Å²) in [7, 11) is 0. The monoisotopic (exact) mass is 505 g/mol. The molecule has 2 bridgehead atoms. The van der Waals surface area contributed by atoms with Gasteiger partial charge in [0.05, 0.1) is 28.3 Å². The van der Waals surface area contributed by atoms with Crippen LogP contribution in [-0.2, 0) is 6.18 Å². The highest BCUT2D eigenvalue weighted by Crippen LogP contribution is 2.82. The van der Waals surface area contributed by atoms with E-state index in [1.54, 1.807) is 13.8 Å². The summed E-state index contributed by atoms with van der Waals surface area (Å²) in [5.74, 6) is 0.0261. The highest BCUT2D eigenvalue weighted by molar-refractivity contribution is 5.84. The number of ether oxygens (including phenoxy) is 1. The zero-order valence-electron chi connectivity index (χ0n) is 19.7. The Labute approximate surface area is 198 Å². The van der Waals surface area contributed by atoms with Crippen LogP contribution in [-0.4, -0.2) is 45.4 Å². The normalized spacial score (nSPS) is 35.2. The maximum Gasteiger partial charge on any atom is 0.418 e. The van der Waals surface area contributed by atoms with Crippen LogP contribution in [0.15, 0.2) is 18.3 Å². The quantitative estimate of drug-likeness (QED) is 0.518. The molecule has 0 spiro atoms. The lowest BCUT2D eigenvalue weighted by atomic mass is 9.29. The van der Waals surface area contributed by atoms with Crippen LogP contribution < -0.4 is 10.1 Å². The SMILES string of the molecule is CC1CC(O)(C23CC(C(F)(F)F)(C2)C3)CC(COc2cc(C(F)(F)F)c3c(cnn3C(C)C)c2)N1. The minimum absolute atomic E-state index is 0.0131. The number of nitrogens with zero attached hydrogens (tertiary/aromatic N) is 2. The van der Waals surface area contributed by atoms with Crippen molar-refractivity contribution in [3.8, 4) is 5.75 Å². The van der Waals surface area contributed by atoms with Crippen molar-refractivity contribution >= 4 is 10.9 Å². The smallest absolute Gasteiger partial charge is 0.418 e. The van der Waals surface area contributed by atoms with Crippen LogP contribution in [0.1, 0.15) is 64.5 Å². The average Bonchev–Trinajstić information content (AvgIpc) is 3.04. The van der Waals surface area contributed by atoms with Crippen LogP contribution in [0.2, 0.25) is 0 Å². The Morgan fingerprint density at radius 2 is 1.80 bits per heavy atom. The third-order valence-electron chi connectivity index (χ3n) is 8.28. The second kappa shape index (κ2) is 7.50. The van der Waals surface area contributed by atoms with Gasteiger partial charge in [0, 0.05) is 28.9 Å². The summed E-state index contributed by atoms with van der Waals surface area (Å²) in [6, 6.07) is 1.61. The van der Waals surface area contributed by atoms with E-state index in [0.29, 0.717) is 11.8 Å². The molecule has 11 heteroatoms. The summed E-state index contributed by atoms with van der Waals surface area (Å²) < 4.78 is 88.6. The third-order valence-corrected chi connectivity index (χ3v) is 8.28. The number of rotatable bonds is 5. The summed E-state index contributed by atoms with van der Waals surface area (Å²) in [4.78, 5) is 0. The predicted molar refractivity (Wildman–Crippen MR) is 116 cm³/mol. The summed E-state index contributed by atoms with van der Waals surface area (Å²) in [5.41, 5.74) is -4.53. The Balaban J connectivity index is 1.33. The van der Waals surface area contributed by atoms with Gasteiger partial charge < -0.3 is 15.2 Å². The first-order chi connectivity index (χ1) is 16.1. The third kappa shape index (κ3) is 3.72. The predicted octanol–water partition coefficient (Wildman–Crippen LogP) is 5.62. The van der Waals surface area contributed by atoms with Gasteiger partial charge in [-0.1, -0.05) is 0 Å². The fourth-order valence-corrected chi connectivity index (χ4v) is 6.69. The van der Waals surface area contributed by atoms with E-state index in [1.165, 1.54) is 16.9 Å². The van der Waals surface area contributed by atoms with Crippen molar-refractivity contribution in [2.75, 3.05) is 6.61 Å². The molecule has 35 heavy (non-hydrogen) atoms. The van der Waals surface area contributed by atoms with E-state index in [1.807, 2.05) is 6.92 Å². The molecule has 2 heterocycles. The number of piperidine rings is 1. The first-order valence-corrected chi connectivity index (χ1v) is 11.8. The van der Waals surface area contributed by atoms with Gasteiger partial charge in [-0.15, -0.1) is 0 Å². The zero-order chi connectivity index (χ0) is 25.6. The van der Waals surface area contributed by atoms with E-state index in [-0.39, 0.29) is 55.6 Å². The van der Waals surface area contributed by atoms with Crippen molar-refractivity contribution in [2.24, 2.45) is 10.8 Å². The molecule has 3 unspecified atom stereocenters. The minimum atomic E-state index is -4.61. The molecule has 3 aliphatic carbocycles. The molecule has 2 aromatic rings. The van der Waals surface area contributed by atoms with Gasteiger partial charge in [-0.3, -0.25) is 4.68 Å². The lowest BCUT2D eigenvalue weighted by Gasteiger charge is -2.76. The largest absolute Gasteiger partial charge is 0.492 e. The van der Waals surface area contributed by atoms with Crippen molar-refractivity contribution in [3.05, 3.63) is 23.9 Å². The molecule has 5 nitrogen and oxygen atoms in total. The Hall–Kier alpha value is -2.01. The van der Waals surface area contributed by atoms with Gasteiger partial charge in [0.15, 0.2) is 0 Å². The molecular formula is C24H29F6N3O2. The Morgan fingerprint density at radius 3 is 2.37 bits per heavy atom. The molecule has 0 amide bonds. The van der Waals surface area contributed by atoms with Gasteiger partial charge in [-0.2, -0.15) is 31.4 Å². The van der Waals surface area contributed by atoms with E-state index in [2.05, 4.69) is 10.4 Å². The molecule has 194 valence electrons. The number of alkyl halides is 6.